The van der Waals surface area contributed by atoms with Crippen molar-refractivity contribution in [3.8, 4) is 0 Å². The number of para-hydroxylation sites is 2. The summed E-state index contributed by atoms with van der Waals surface area (Å²) in [5.41, 5.74) is 0.221. The summed E-state index contributed by atoms with van der Waals surface area (Å²) in [5.74, 6) is -0.00747. The molecule has 0 aliphatic heterocycles. The highest BCUT2D eigenvalue weighted by molar-refractivity contribution is 6.30. The Labute approximate surface area is 164 Å². The summed E-state index contributed by atoms with van der Waals surface area (Å²) in [6.07, 6.45) is 0. The first-order chi connectivity index (χ1) is 13.4. The summed E-state index contributed by atoms with van der Waals surface area (Å²) in [7, 11) is 0. The Morgan fingerprint density at radius 2 is 1.64 bits per heavy atom. The second kappa shape index (κ2) is 6.76. The monoisotopic (exact) mass is 396 g/mol. The molecule has 0 N–H and O–H groups in total. The van der Waals surface area contributed by atoms with E-state index >= 15 is 0 Å². The summed E-state index contributed by atoms with van der Waals surface area (Å²) in [5, 5.41) is 4.87. The third-order valence-electron chi connectivity index (χ3n) is 4.60. The fourth-order valence-corrected chi connectivity index (χ4v) is 3.44. The normalized spacial score (nSPS) is 11.6. The van der Waals surface area contributed by atoms with Crippen LogP contribution in [0, 0.1) is 0 Å². The molecule has 2 aromatic heterocycles. The summed E-state index contributed by atoms with van der Waals surface area (Å²) >= 11 is 5.85. The minimum atomic E-state index is -0.841. The van der Waals surface area contributed by atoms with E-state index in [0.717, 1.165) is 10.2 Å². The standard InChI is InChI=1S/C20H17ClN4O3/c1-12(2)24-15-5-3-4-6-16(15)25-19(28)18(27)23(22-20(24)25)11-17(26)13-7-9-14(21)10-8-13/h3-10,12H,11H2,1-2H3. The number of hydrogen-bond donors (Lipinski definition) is 0. The molecule has 2 heterocycles. The van der Waals surface area contributed by atoms with E-state index in [4.69, 9.17) is 11.6 Å². The molecule has 0 fully saturated rings. The van der Waals surface area contributed by atoms with Crippen molar-refractivity contribution in [2.24, 2.45) is 0 Å². The summed E-state index contributed by atoms with van der Waals surface area (Å²) in [6, 6.07) is 13.7. The molecule has 0 unspecified atom stereocenters. The lowest BCUT2D eigenvalue weighted by Gasteiger charge is -2.10. The van der Waals surface area contributed by atoms with Gasteiger partial charge >= 0.3 is 11.1 Å². The van der Waals surface area contributed by atoms with Gasteiger partial charge in [0, 0.05) is 16.6 Å². The molecule has 4 aromatic rings. The van der Waals surface area contributed by atoms with Crippen LogP contribution in [0.2, 0.25) is 5.02 Å². The van der Waals surface area contributed by atoms with Crippen molar-refractivity contribution in [3.05, 3.63) is 79.8 Å². The lowest BCUT2D eigenvalue weighted by atomic mass is 10.1. The van der Waals surface area contributed by atoms with Crippen LogP contribution in [0.5, 0.6) is 0 Å². The van der Waals surface area contributed by atoms with Gasteiger partial charge in [-0.1, -0.05) is 23.7 Å². The zero-order valence-electron chi connectivity index (χ0n) is 15.3. The molecule has 0 aliphatic carbocycles. The van der Waals surface area contributed by atoms with Crippen LogP contribution in [0.4, 0.5) is 0 Å². The van der Waals surface area contributed by atoms with Gasteiger partial charge < -0.3 is 4.57 Å². The number of benzene rings is 2. The molecular weight excluding hydrogens is 380 g/mol. The third kappa shape index (κ3) is 2.84. The minimum Gasteiger partial charge on any atom is -0.306 e. The molecule has 0 bridgehead atoms. The molecule has 142 valence electrons. The average Bonchev–Trinajstić information content (AvgIpc) is 3.00. The first-order valence-corrected chi connectivity index (χ1v) is 9.18. The van der Waals surface area contributed by atoms with E-state index < -0.39 is 11.1 Å². The van der Waals surface area contributed by atoms with E-state index in [-0.39, 0.29) is 18.4 Å². The molecule has 2 aromatic carbocycles. The third-order valence-corrected chi connectivity index (χ3v) is 4.86. The Morgan fingerprint density at radius 1 is 1.00 bits per heavy atom. The largest absolute Gasteiger partial charge is 0.333 e. The van der Waals surface area contributed by atoms with Crippen LogP contribution in [0.25, 0.3) is 16.8 Å². The average molecular weight is 397 g/mol. The summed E-state index contributed by atoms with van der Waals surface area (Å²) in [4.78, 5) is 38.0. The number of Topliss-reactive ketones (excluding diaryl/α,β-unsaturated/α-hetero) is 1. The van der Waals surface area contributed by atoms with Crippen molar-refractivity contribution in [1.82, 2.24) is 18.7 Å². The Hall–Kier alpha value is -3.19. The first kappa shape index (κ1) is 18.2. The number of fused-ring (bicyclic) bond motifs is 3. The van der Waals surface area contributed by atoms with Gasteiger partial charge in [0.1, 0.15) is 6.54 Å². The molecule has 28 heavy (non-hydrogen) atoms. The van der Waals surface area contributed by atoms with Crippen LogP contribution in [-0.4, -0.2) is 24.5 Å². The van der Waals surface area contributed by atoms with E-state index in [9.17, 15) is 14.4 Å². The van der Waals surface area contributed by atoms with Crippen LogP contribution in [-0.2, 0) is 6.54 Å². The van der Waals surface area contributed by atoms with Crippen molar-refractivity contribution in [1.29, 1.82) is 0 Å². The molecule has 0 amide bonds. The van der Waals surface area contributed by atoms with E-state index in [1.54, 1.807) is 36.4 Å². The summed E-state index contributed by atoms with van der Waals surface area (Å²) < 4.78 is 4.12. The molecule has 0 saturated heterocycles. The number of carbonyl (C=O) groups is 1. The van der Waals surface area contributed by atoms with Crippen molar-refractivity contribution in [2.75, 3.05) is 0 Å². The number of imidazole rings is 1. The van der Waals surface area contributed by atoms with Gasteiger partial charge in [0.15, 0.2) is 5.78 Å². The second-order valence-electron chi connectivity index (χ2n) is 6.79. The maximum atomic E-state index is 12.8. The van der Waals surface area contributed by atoms with Gasteiger partial charge in [0.05, 0.1) is 11.0 Å². The number of ketones is 1. The van der Waals surface area contributed by atoms with Crippen molar-refractivity contribution in [2.45, 2.75) is 26.4 Å². The number of carbonyl (C=O) groups excluding carboxylic acids is 1. The molecule has 4 rings (SSSR count). The number of rotatable bonds is 4. The van der Waals surface area contributed by atoms with E-state index in [2.05, 4.69) is 5.10 Å². The van der Waals surface area contributed by atoms with Crippen LogP contribution >= 0.6 is 11.6 Å². The molecule has 0 radical (unpaired) electrons. The SMILES string of the molecule is CC(C)n1c2ccccc2n2c(=O)c(=O)n(CC(=O)c3ccc(Cl)cc3)nc12. The maximum absolute atomic E-state index is 12.8. The first-order valence-electron chi connectivity index (χ1n) is 8.80. The van der Waals surface area contributed by atoms with Crippen molar-refractivity contribution < 1.29 is 4.79 Å². The minimum absolute atomic E-state index is 0.000260. The van der Waals surface area contributed by atoms with Crippen molar-refractivity contribution >= 4 is 34.2 Å². The molecule has 8 heteroatoms. The fraction of sp³-hybridized carbons (Fsp3) is 0.200. The molecule has 0 saturated carbocycles. The highest BCUT2D eigenvalue weighted by atomic mass is 35.5. The molecule has 0 aliphatic rings. The Balaban J connectivity index is 1.92. The topological polar surface area (TPSA) is 78.4 Å². The van der Waals surface area contributed by atoms with Crippen LogP contribution in [0.15, 0.2) is 58.1 Å². The predicted octanol–water partition coefficient (Wildman–Crippen LogP) is 2.93. The molecular formula is C20H17ClN4O3. The quantitative estimate of drug-likeness (QED) is 0.392. The van der Waals surface area contributed by atoms with Crippen LogP contribution in [0.3, 0.4) is 0 Å². The number of nitrogens with zero attached hydrogens (tertiary/aromatic N) is 4. The Bertz CT molecular complexity index is 1330. The number of aromatic nitrogens is 4. The number of halogens is 1. The van der Waals surface area contributed by atoms with Gasteiger partial charge in [-0.25, -0.2) is 9.08 Å². The van der Waals surface area contributed by atoms with Crippen LogP contribution in [0.1, 0.15) is 30.2 Å². The predicted molar refractivity (Wildman–Crippen MR) is 107 cm³/mol. The second-order valence-corrected chi connectivity index (χ2v) is 7.22. The van der Waals surface area contributed by atoms with E-state index in [0.29, 0.717) is 21.9 Å². The van der Waals surface area contributed by atoms with Gasteiger partial charge in [-0.05, 0) is 50.2 Å². The molecule has 0 spiro atoms. The fourth-order valence-electron chi connectivity index (χ4n) is 3.31. The Kier molecular flexibility index (Phi) is 4.39. The summed E-state index contributed by atoms with van der Waals surface area (Å²) in [6.45, 7) is 3.60. The highest BCUT2D eigenvalue weighted by Gasteiger charge is 2.19. The lowest BCUT2D eigenvalue weighted by molar-refractivity contribution is 0.0965. The van der Waals surface area contributed by atoms with Crippen LogP contribution < -0.4 is 11.1 Å². The maximum Gasteiger partial charge on any atom is 0.333 e. The number of hydrogen-bond acceptors (Lipinski definition) is 4. The zero-order chi connectivity index (χ0) is 20.0. The van der Waals surface area contributed by atoms with Crippen molar-refractivity contribution in [3.63, 3.8) is 0 Å². The Morgan fingerprint density at radius 3 is 2.29 bits per heavy atom. The van der Waals surface area contributed by atoms with Gasteiger partial charge in [-0.3, -0.25) is 14.4 Å². The molecule has 7 nitrogen and oxygen atoms in total. The molecule has 0 atom stereocenters. The van der Waals surface area contributed by atoms with Gasteiger partial charge in [-0.2, -0.15) is 0 Å². The van der Waals surface area contributed by atoms with Gasteiger partial charge in [0.2, 0.25) is 5.78 Å². The lowest BCUT2D eigenvalue weighted by Crippen LogP contribution is -2.41. The highest BCUT2D eigenvalue weighted by Crippen LogP contribution is 2.21. The van der Waals surface area contributed by atoms with E-state index in [1.807, 2.05) is 30.5 Å². The van der Waals surface area contributed by atoms with E-state index in [1.165, 1.54) is 4.40 Å². The smallest absolute Gasteiger partial charge is 0.306 e. The zero-order valence-corrected chi connectivity index (χ0v) is 16.1. The van der Waals surface area contributed by atoms with Gasteiger partial charge in [0.25, 0.3) is 0 Å². The van der Waals surface area contributed by atoms with Gasteiger partial charge in [-0.15, -0.1) is 5.10 Å².